The van der Waals surface area contributed by atoms with Crippen LogP contribution in [0, 0.1) is 6.92 Å². The Morgan fingerprint density at radius 3 is 2.73 bits per heavy atom. The summed E-state index contributed by atoms with van der Waals surface area (Å²) in [4.78, 5) is 10.9. The average molecular weight is 224 g/mol. The number of aromatic carboxylic acids is 1. The molecule has 0 saturated carbocycles. The zero-order valence-corrected chi connectivity index (χ0v) is 9.17. The fourth-order valence-corrected chi connectivity index (χ4v) is 1.90. The molecule has 2 aromatic rings. The number of fused-ring (bicyclic) bond motifs is 1. The smallest absolute Gasteiger partial charge is 0.352 e. The highest BCUT2D eigenvalue weighted by molar-refractivity contribution is 6.32. The predicted octanol–water partition coefficient (Wildman–Crippen LogP) is 2.84. The normalized spacial score (nSPS) is 10.9. The van der Waals surface area contributed by atoms with E-state index in [0.29, 0.717) is 5.02 Å². The zero-order chi connectivity index (χ0) is 11.2. The molecular weight excluding hydrogens is 214 g/mol. The first kappa shape index (κ1) is 10.1. The van der Waals surface area contributed by atoms with E-state index in [9.17, 15) is 4.79 Å². The van der Waals surface area contributed by atoms with Crippen LogP contribution in [0.1, 0.15) is 16.1 Å². The van der Waals surface area contributed by atoms with Crippen LogP contribution in [-0.4, -0.2) is 15.6 Å². The lowest BCUT2D eigenvalue weighted by molar-refractivity contribution is 0.0687. The molecule has 4 heteroatoms. The first-order chi connectivity index (χ1) is 7.02. The first-order valence-electron chi connectivity index (χ1n) is 4.50. The third-order valence-corrected chi connectivity index (χ3v) is 3.06. The summed E-state index contributed by atoms with van der Waals surface area (Å²) >= 11 is 5.97. The molecule has 0 aliphatic carbocycles. The minimum absolute atomic E-state index is 0.273. The number of rotatable bonds is 1. The summed E-state index contributed by atoms with van der Waals surface area (Å²) in [6, 6.07) is 5.26. The molecule has 0 bridgehead atoms. The Kier molecular flexibility index (Phi) is 2.20. The number of carboxylic acid groups (broad SMARTS) is 1. The molecule has 1 aromatic heterocycles. The van der Waals surface area contributed by atoms with Gasteiger partial charge in [0.15, 0.2) is 0 Å². The molecule has 1 heterocycles. The van der Waals surface area contributed by atoms with Gasteiger partial charge in [0, 0.05) is 23.0 Å². The summed E-state index contributed by atoms with van der Waals surface area (Å²) in [7, 11) is 1.74. The van der Waals surface area contributed by atoms with Crippen LogP contribution in [-0.2, 0) is 7.05 Å². The molecule has 0 aliphatic heterocycles. The van der Waals surface area contributed by atoms with Gasteiger partial charge in [0.25, 0.3) is 0 Å². The van der Waals surface area contributed by atoms with Gasteiger partial charge in [-0.3, -0.25) is 0 Å². The first-order valence-corrected chi connectivity index (χ1v) is 4.88. The Labute approximate surface area is 91.9 Å². The number of nitrogens with zero attached hydrogens (tertiary/aromatic N) is 1. The quantitative estimate of drug-likeness (QED) is 0.808. The second kappa shape index (κ2) is 3.28. The maximum Gasteiger partial charge on any atom is 0.352 e. The van der Waals surface area contributed by atoms with Gasteiger partial charge in [0.2, 0.25) is 0 Å². The Morgan fingerprint density at radius 1 is 1.47 bits per heavy atom. The van der Waals surface area contributed by atoms with Crippen molar-refractivity contribution in [1.29, 1.82) is 0 Å². The molecule has 0 amide bonds. The van der Waals surface area contributed by atoms with Crippen molar-refractivity contribution in [2.75, 3.05) is 0 Å². The molecule has 0 saturated heterocycles. The van der Waals surface area contributed by atoms with Crippen LogP contribution in [0.4, 0.5) is 0 Å². The van der Waals surface area contributed by atoms with Crippen molar-refractivity contribution >= 4 is 28.5 Å². The number of carbonyl (C=O) groups is 1. The fourth-order valence-electron chi connectivity index (χ4n) is 1.73. The standard InChI is InChI=1S/C11H10ClNO2/c1-6-7-5-10(11(14)15)13(2)9(7)4-3-8(6)12/h3-5H,1-2H3,(H,14,15). The number of aromatic nitrogens is 1. The Morgan fingerprint density at radius 2 is 2.13 bits per heavy atom. The van der Waals surface area contributed by atoms with E-state index in [2.05, 4.69) is 0 Å². The van der Waals surface area contributed by atoms with Crippen LogP contribution in [0.2, 0.25) is 5.02 Å². The molecule has 15 heavy (non-hydrogen) atoms. The van der Waals surface area contributed by atoms with Gasteiger partial charge in [-0.1, -0.05) is 11.6 Å². The summed E-state index contributed by atoms with van der Waals surface area (Å²) < 4.78 is 1.65. The molecule has 0 fully saturated rings. The van der Waals surface area contributed by atoms with E-state index in [0.717, 1.165) is 16.5 Å². The van der Waals surface area contributed by atoms with E-state index in [4.69, 9.17) is 16.7 Å². The molecule has 0 radical (unpaired) electrons. The van der Waals surface area contributed by atoms with Crippen LogP contribution in [0.5, 0.6) is 0 Å². The highest BCUT2D eigenvalue weighted by atomic mass is 35.5. The van der Waals surface area contributed by atoms with E-state index in [-0.39, 0.29) is 5.69 Å². The maximum absolute atomic E-state index is 10.9. The van der Waals surface area contributed by atoms with Gasteiger partial charge in [0.05, 0.1) is 0 Å². The van der Waals surface area contributed by atoms with Crippen molar-refractivity contribution < 1.29 is 9.90 Å². The third-order valence-electron chi connectivity index (χ3n) is 2.65. The van der Waals surface area contributed by atoms with Gasteiger partial charge >= 0.3 is 5.97 Å². The zero-order valence-electron chi connectivity index (χ0n) is 8.41. The Bertz CT molecular complexity index is 557. The highest BCUT2D eigenvalue weighted by Gasteiger charge is 2.13. The van der Waals surface area contributed by atoms with Crippen molar-refractivity contribution in [2.45, 2.75) is 6.92 Å². The molecule has 0 atom stereocenters. The van der Waals surface area contributed by atoms with Gasteiger partial charge in [0.1, 0.15) is 5.69 Å². The number of benzene rings is 1. The molecule has 78 valence electrons. The summed E-state index contributed by atoms with van der Waals surface area (Å²) in [6.07, 6.45) is 0. The largest absolute Gasteiger partial charge is 0.477 e. The SMILES string of the molecule is Cc1c(Cl)ccc2c1cc(C(=O)O)n2C. The summed E-state index contributed by atoms with van der Waals surface area (Å²) in [6.45, 7) is 1.89. The van der Waals surface area contributed by atoms with Gasteiger partial charge < -0.3 is 9.67 Å². The molecule has 0 unspecified atom stereocenters. The van der Waals surface area contributed by atoms with Crippen LogP contribution in [0.15, 0.2) is 18.2 Å². The van der Waals surface area contributed by atoms with Crippen molar-refractivity contribution in [2.24, 2.45) is 7.05 Å². The molecule has 1 N–H and O–H groups in total. The highest BCUT2D eigenvalue weighted by Crippen LogP contribution is 2.27. The number of aryl methyl sites for hydroxylation is 2. The summed E-state index contributed by atoms with van der Waals surface area (Å²) in [5, 5.41) is 10.5. The van der Waals surface area contributed by atoms with Crippen LogP contribution >= 0.6 is 11.6 Å². The van der Waals surface area contributed by atoms with Gasteiger partial charge in [-0.15, -0.1) is 0 Å². The van der Waals surface area contributed by atoms with Crippen molar-refractivity contribution in [3.8, 4) is 0 Å². The maximum atomic E-state index is 10.9. The van der Waals surface area contributed by atoms with Gasteiger partial charge in [-0.25, -0.2) is 4.79 Å². The molecule has 0 aliphatic rings. The summed E-state index contributed by atoms with van der Waals surface area (Å²) in [5.41, 5.74) is 2.07. The number of hydrogen-bond donors (Lipinski definition) is 1. The van der Waals surface area contributed by atoms with Crippen LogP contribution < -0.4 is 0 Å². The second-order valence-electron chi connectivity index (χ2n) is 3.50. The van der Waals surface area contributed by atoms with Gasteiger partial charge in [-0.05, 0) is 30.7 Å². The number of hydrogen-bond acceptors (Lipinski definition) is 1. The third kappa shape index (κ3) is 1.39. The van der Waals surface area contributed by atoms with Crippen molar-refractivity contribution in [3.05, 3.63) is 34.5 Å². The molecule has 1 aromatic carbocycles. The van der Waals surface area contributed by atoms with E-state index in [1.807, 2.05) is 13.0 Å². The number of carboxylic acids is 1. The van der Waals surface area contributed by atoms with E-state index >= 15 is 0 Å². The van der Waals surface area contributed by atoms with Crippen molar-refractivity contribution in [1.82, 2.24) is 4.57 Å². The lowest BCUT2D eigenvalue weighted by Gasteiger charge is -2.01. The second-order valence-corrected chi connectivity index (χ2v) is 3.91. The van der Waals surface area contributed by atoms with E-state index in [1.54, 1.807) is 23.7 Å². The fraction of sp³-hybridized carbons (Fsp3) is 0.182. The van der Waals surface area contributed by atoms with Crippen molar-refractivity contribution in [3.63, 3.8) is 0 Å². The Hall–Kier alpha value is -1.48. The lowest BCUT2D eigenvalue weighted by Crippen LogP contribution is -2.03. The molecule has 0 spiro atoms. The number of halogens is 1. The summed E-state index contributed by atoms with van der Waals surface area (Å²) in [5.74, 6) is -0.927. The van der Waals surface area contributed by atoms with E-state index < -0.39 is 5.97 Å². The predicted molar refractivity (Wildman–Crippen MR) is 59.6 cm³/mol. The van der Waals surface area contributed by atoms with Crippen LogP contribution in [0.3, 0.4) is 0 Å². The average Bonchev–Trinajstić information content (AvgIpc) is 2.51. The molecule has 3 nitrogen and oxygen atoms in total. The minimum Gasteiger partial charge on any atom is -0.477 e. The molecule has 2 rings (SSSR count). The topological polar surface area (TPSA) is 42.2 Å². The monoisotopic (exact) mass is 223 g/mol. The van der Waals surface area contributed by atoms with Gasteiger partial charge in [-0.2, -0.15) is 0 Å². The van der Waals surface area contributed by atoms with E-state index in [1.165, 1.54) is 0 Å². The van der Waals surface area contributed by atoms with Crippen LogP contribution in [0.25, 0.3) is 10.9 Å². The Balaban J connectivity index is 2.88. The minimum atomic E-state index is -0.927. The molecular formula is C11H10ClNO2. The lowest BCUT2D eigenvalue weighted by atomic mass is 10.1.